The number of Topliss-reactive ketones (excluding diaryl/α,β-unsaturated/α-hetero) is 1. The molecule has 8 aliphatic carbocycles. The van der Waals surface area contributed by atoms with Gasteiger partial charge in [0.25, 0.3) is 0 Å². The molecule has 212 valence electrons. The van der Waals surface area contributed by atoms with E-state index >= 15 is 0 Å². The molecule has 0 aromatic carbocycles. The van der Waals surface area contributed by atoms with Crippen LogP contribution < -0.4 is 0 Å². The number of hydrogen-bond acceptors (Lipinski definition) is 6. The van der Waals surface area contributed by atoms with Gasteiger partial charge in [0.15, 0.2) is 23.6 Å². The van der Waals surface area contributed by atoms with Crippen molar-refractivity contribution in [2.45, 2.75) is 93.9 Å². The zero-order chi connectivity index (χ0) is 26.1. The van der Waals surface area contributed by atoms with Crippen LogP contribution in [0.1, 0.15) is 64.2 Å². The van der Waals surface area contributed by atoms with E-state index in [2.05, 4.69) is 0 Å². The van der Waals surface area contributed by atoms with E-state index in [-0.39, 0.29) is 30.1 Å². The summed E-state index contributed by atoms with van der Waals surface area (Å²) in [7, 11) is 0. The Morgan fingerprint density at radius 2 is 1.24 bits per heavy atom. The van der Waals surface area contributed by atoms with E-state index in [1.165, 1.54) is 6.42 Å². The first-order valence-electron chi connectivity index (χ1n) is 14.5. The highest BCUT2D eigenvalue weighted by molar-refractivity contribution is 5.86. The molecule has 0 amide bonds. The second-order valence-electron chi connectivity index (χ2n) is 14.0. The van der Waals surface area contributed by atoms with E-state index in [0.717, 1.165) is 37.5 Å². The van der Waals surface area contributed by atoms with Gasteiger partial charge < -0.3 is 23.7 Å². The molecule has 6 nitrogen and oxygen atoms in total. The molecule has 0 aromatic heterocycles. The standard InChI is InChI=1S/C28H36F4O6/c29-25(30)13-36-27(37-14-26(25,31)32)20-6-17-7-21(27)10-24(8-17,9-20)22(33)11-34-23-12-35-28(38-23)18-2-15-1-16(4-18)5-19(28)3-15/h15-21,23H,1-14H2. The second-order valence-corrected chi connectivity index (χ2v) is 14.0. The number of carbonyl (C=O) groups excluding carboxylic acids is 1. The van der Waals surface area contributed by atoms with Gasteiger partial charge in [-0.25, -0.2) is 0 Å². The molecule has 38 heavy (non-hydrogen) atoms. The average Bonchev–Trinajstić information content (AvgIpc) is 3.26. The molecule has 0 aromatic rings. The molecule has 0 N–H and O–H groups in total. The Morgan fingerprint density at radius 1 is 0.684 bits per heavy atom. The molecule has 8 bridgehead atoms. The third-order valence-corrected chi connectivity index (χ3v) is 11.8. The van der Waals surface area contributed by atoms with Gasteiger partial charge in [0.2, 0.25) is 0 Å². The van der Waals surface area contributed by atoms with Crippen molar-refractivity contribution in [3.63, 3.8) is 0 Å². The lowest BCUT2D eigenvalue weighted by Gasteiger charge is -2.63. The van der Waals surface area contributed by atoms with Crippen LogP contribution in [0.5, 0.6) is 0 Å². The van der Waals surface area contributed by atoms with Crippen molar-refractivity contribution >= 4 is 5.78 Å². The fourth-order valence-corrected chi connectivity index (χ4v) is 10.5. The van der Waals surface area contributed by atoms with E-state index < -0.39 is 48.3 Å². The Morgan fingerprint density at radius 3 is 1.82 bits per heavy atom. The quantitative estimate of drug-likeness (QED) is 0.468. The van der Waals surface area contributed by atoms with E-state index in [4.69, 9.17) is 23.7 Å². The zero-order valence-corrected chi connectivity index (χ0v) is 21.5. The van der Waals surface area contributed by atoms with Crippen LogP contribution in [0.3, 0.4) is 0 Å². The molecule has 2 spiro atoms. The minimum absolute atomic E-state index is 0.0225. The number of ketones is 1. The summed E-state index contributed by atoms with van der Waals surface area (Å²) in [6.07, 6.45) is 8.11. The minimum atomic E-state index is -4.29. The van der Waals surface area contributed by atoms with Crippen molar-refractivity contribution < 1.29 is 46.0 Å². The van der Waals surface area contributed by atoms with Crippen molar-refractivity contribution in [1.82, 2.24) is 0 Å². The van der Waals surface area contributed by atoms with Crippen molar-refractivity contribution in [1.29, 1.82) is 0 Å². The van der Waals surface area contributed by atoms with Crippen LogP contribution in [0.15, 0.2) is 0 Å². The minimum Gasteiger partial charge on any atom is -0.344 e. The van der Waals surface area contributed by atoms with Gasteiger partial charge in [0.1, 0.15) is 26.4 Å². The van der Waals surface area contributed by atoms with E-state index in [0.29, 0.717) is 50.5 Å². The molecular formula is C28H36F4O6. The summed E-state index contributed by atoms with van der Waals surface area (Å²) >= 11 is 0. The number of alkyl halides is 4. The summed E-state index contributed by atoms with van der Waals surface area (Å²) in [4.78, 5) is 13.7. The molecule has 2 saturated heterocycles. The summed E-state index contributed by atoms with van der Waals surface area (Å²) in [6.45, 7) is -2.51. The lowest BCUT2D eigenvalue weighted by molar-refractivity contribution is -0.344. The molecule has 3 atom stereocenters. The van der Waals surface area contributed by atoms with Gasteiger partial charge in [-0.1, -0.05) is 0 Å². The van der Waals surface area contributed by atoms with E-state index in [1.54, 1.807) is 0 Å². The Balaban J connectivity index is 0.944. The van der Waals surface area contributed by atoms with Gasteiger partial charge in [0.05, 0.1) is 0 Å². The van der Waals surface area contributed by atoms with Gasteiger partial charge in [-0.05, 0) is 82.0 Å². The summed E-state index contributed by atoms with van der Waals surface area (Å²) in [5.74, 6) is -8.77. The lowest BCUT2D eigenvalue weighted by atomic mass is 9.46. The highest BCUT2D eigenvalue weighted by Gasteiger charge is 2.70. The normalized spacial score (nSPS) is 52.6. The molecule has 2 aliphatic heterocycles. The number of rotatable bonds is 4. The van der Waals surface area contributed by atoms with Gasteiger partial charge in [0, 0.05) is 29.1 Å². The SMILES string of the molecule is O=C(COC1COC2(O1)C1CC3CC(C1)CC2C3)C12CC3CC(C1)C1(OCC(F)(F)C(F)(F)CO1)C(C3)C2. The molecule has 3 unspecified atom stereocenters. The Kier molecular flexibility index (Phi) is 5.20. The van der Waals surface area contributed by atoms with Gasteiger partial charge in [-0.3, -0.25) is 4.79 Å². The summed E-state index contributed by atoms with van der Waals surface area (Å²) in [5.41, 5.74) is -0.661. The van der Waals surface area contributed by atoms with Crippen molar-refractivity contribution in [3.8, 4) is 0 Å². The Hall–Kier alpha value is -0.810. The van der Waals surface area contributed by atoms with Crippen LogP contribution in [-0.4, -0.2) is 61.9 Å². The van der Waals surface area contributed by atoms with Gasteiger partial charge in [-0.2, -0.15) is 17.6 Å². The maximum Gasteiger partial charge on any atom is 0.335 e. The second kappa shape index (κ2) is 7.93. The maximum absolute atomic E-state index is 14.1. The Bertz CT molecular complexity index is 953. The van der Waals surface area contributed by atoms with Crippen molar-refractivity contribution in [2.24, 2.45) is 46.8 Å². The zero-order valence-electron chi connectivity index (χ0n) is 21.5. The topological polar surface area (TPSA) is 63.2 Å². The van der Waals surface area contributed by atoms with Gasteiger partial charge in [-0.15, -0.1) is 0 Å². The summed E-state index contributed by atoms with van der Waals surface area (Å²) < 4.78 is 86.2. The predicted molar refractivity (Wildman–Crippen MR) is 122 cm³/mol. The number of carbonyl (C=O) groups is 1. The smallest absolute Gasteiger partial charge is 0.335 e. The first-order valence-corrected chi connectivity index (χ1v) is 14.5. The fourth-order valence-electron chi connectivity index (χ4n) is 10.5. The Labute approximate surface area is 219 Å². The molecule has 0 radical (unpaired) electrons. The lowest BCUT2D eigenvalue weighted by Crippen LogP contribution is -2.65. The predicted octanol–water partition coefficient (Wildman–Crippen LogP) is 4.94. The monoisotopic (exact) mass is 544 g/mol. The van der Waals surface area contributed by atoms with Crippen LogP contribution in [-0.2, 0) is 28.5 Å². The molecule has 10 aliphatic rings. The summed E-state index contributed by atoms with van der Waals surface area (Å²) in [6, 6.07) is 0. The maximum atomic E-state index is 14.1. The highest BCUT2D eigenvalue weighted by atomic mass is 19.3. The fraction of sp³-hybridized carbons (Fsp3) is 0.964. The molecule has 8 saturated carbocycles. The molecule has 10 fully saturated rings. The van der Waals surface area contributed by atoms with Crippen LogP contribution in [0.4, 0.5) is 17.6 Å². The van der Waals surface area contributed by atoms with Crippen LogP contribution in [0.2, 0.25) is 0 Å². The summed E-state index contributed by atoms with van der Waals surface area (Å²) in [5, 5.41) is 0. The molecule has 10 rings (SSSR count). The molecule has 10 heteroatoms. The number of hydrogen-bond donors (Lipinski definition) is 0. The average molecular weight is 545 g/mol. The van der Waals surface area contributed by atoms with E-state index in [9.17, 15) is 22.4 Å². The van der Waals surface area contributed by atoms with Crippen LogP contribution >= 0.6 is 0 Å². The first kappa shape index (κ1) is 24.9. The van der Waals surface area contributed by atoms with Crippen LogP contribution in [0.25, 0.3) is 0 Å². The van der Waals surface area contributed by atoms with Crippen LogP contribution in [0, 0.1) is 46.8 Å². The largest absolute Gasteiger partial charge is 0.344 e. The highest BCUT2D eigenvalue weighted by Crippen LogP contribution is 2.66. The molecular weight excluding hydrogens is 508 g/mol. The first-order chi connectivity index (χ1) is 18.0. The van der Waals surface area contributed by atoms with E-state index in [1.807, 2.05) is 0 Å². The number of halogens is 4. The molecule has 2 heterocycles. The van der Waals surface area contributed by atoms with Gasteiger partial charge >= 0.3 is 11.8 Å². The van der Waals surface area contributed by atoms with Crippen molar-refractivity contribution in [3.05, 3.63) is 0 Å². The third-order valence-electron chi connectivity index (χ3n) is 11.8. The third kappa shape index (κ3) is 3.33. The number of ether oxygens (including phenoxy) is 5. The van der Waals surface area contributed by atoms with Crippen molar-refractivity contribution in [2.75, 3.05) is 26.4 Å².